The molecule has 1 amide bonds. The molecule has 0 bridgehead atoms. The maximum absolute atomic E-state index is 12.3. The number of benzene rings is 1. The molecule has 1 heterocycles. The third kappa shape index (κ3) is 5.53. The summed E-state index contributed by atoms with van der Waals surface area (Å²) in [6, 6.07) is 10.5. The van der Waals surface area contributed by atoms with Crippen LogP contribution in [0.1, 0.15) is 47.2 Å². The SMILES string of the molecule is CCCCNC(=O)c1ccc(CS(=O)(=O)Cc2cccc(C)c2)o1. The van der Waals surface area contributed by atoms with Gasteiger partial charge in [-0.3, -0.25) is 4.79 Å². The predicted molar refractivity (Wildman–Crippen MR) is 93.5 cm³/mol. The van der Waals surface area contributed by atoms with Gasteiger partial charge in [0.25, 0.3) is 5.91 Å². The van der Waals surface area contributed by atoms with Crippen molar-refractivity contribution in [1.29, 1.82) is 0 Å². The van der Waals surface area contributed by atoms with Crippen LogP contribution in [0.25, 0.3) is 0 Å². The topological polar surface area (TPSA) is 76.4 Å². The molecule has 0 unspecified atom stereocenters. The molecular formula is C18H23NO4S. The van der Waals surface area contributed by atoms with Gasteiger partial charge >= 0.3 is 0 Å². The van der Waals surface area contributed by atoms with Crippen molar-refractivity contribution in [3.8, 4) is 0 Å². The molecule has 1 aromatic heterocycles. The highest BCUT2D eigenvalue weighted by Gasteiger charge is 2.18. The summed E-state index contributed by atoms with van der Waals surface area (Å²) in [6.45, 7) is 4.54. The van der Waals surface area contributed by atoms with E-state index in [-0.39, 0.29) is 28.9 Å². The minimum Gasteiger partial charge on any atom is -0.455 e. The van der Waals surface area contributed by atoms with Crippen molar-refractivity contribution in [2.24, 2.45) is 0 Å². The third-order valence-corrected chi connectivity index (χ3v) is 5.03. The lowest BCUT2D eigenvalue weighted by atomic mass is 10.2. The molecule has 2 rings (SSSR count). The Morgan fingerprint density at radius 2 is 1.96 bits per heavy atom. The Balaban J connectivity index is 1.99. The van der Waals surface area contributed by atoms with Gasteiger partial charge in [-0.2, -0.15) is 0 Å². The highest BCUT2D eigenvalue weighted by atomic mass is 32.2. The molecule has 0 fully saturated rings. The minimum absolute atomic E-state index is 0.0482. The van der Waals surface area contributed by atoms with E-state index in [0.29, 0.717) is 6.54 Å². The lowest BCUT2D eigenvalue weighted by Gasteiger charge is -2.04. The Hall–Kier alpha value is -2.08. The predicted octanol–water partition coefficient (Wildman–Crippen LogP) is 3.23. The Bertz CT molecular complexity index is 793. The molecule has 0 aliphatic carbocycles. The van der Waals surface area contributed by atoms with Gasteiger partial charge in [0.2, 0.25) is 0 Å². The first-order valence-electron chi connectivity index (χ1n) is 8.02. The van der Waals surface area contributed by atoms with Gasteiger partial charge in [-0.05, 0) is 31.0 Å². The maximum atomic E-state index is 12.3. The van der Waals surface area contributed by atoms with Gasteiger partial charge in [0, 0.05) is 6.54 Å². The van der Waals surface area contributed by atoms with Crippen molar-refractivity contribution in [3.05, 3.63) is 59.0 Å². The number of carbonyl (C=O) groups excluding carboxylic acids is 1. The van der Waals surface area contributed by atoms with Crippen LogP contribution in [0.5, 0.6) is 0 Å². The number of furan rings is 1. The van der Waals surface area contributed by atoms with Crippen molar-refractivity contribution in [1.82, 2.24) is 5.32 Å². The zero-order valence-corrected chi connectivity index (χ0v) is 14.9. The number of rotatable bonds is 8. The molecule has 6 heteroatoms. The fourth-order valence-corrected chi connectivity index (χ4v) is 3.75. The standard InChI is InChI=1S/C18H23NO4S/c1-3-4-10-19-18(20)17-9-8-16(23-17)13-24(21,22)12-15-7-5-6-14(2)11-15/h5-9,11H,3-4,10,12-13H2,1-2H3,(H,19,20). The lowest BCUT2D eigenvalue weighted by Crippen LogP contribution is -2.23. The monoisotopic (exact) mass is 349 g/mol. The van der Waals surface area contributed by atoms with E-state index in [0.717, 1.165) is 24.0 Å². The summed E-state index contributed by atoms with van der Waals surface area (Å²) in [5, 5.41) is 2.74. The van der Waals surface area contributed by atoms with E-state index in [1.807, 2.05) is 32.0 Å². The normalized spacial score (nSPS) is 11.4. The van der Waals surface area contributed by atoms with E-state index in [4.69, 9.17) is 4.42 Å². The van der Waals surface area contributed by atoms with Crippen molar-refractivity contribution in [2.45, 2.75) is 38.2 Å². The molecule has 0 aliphatic heterocycles. The Labute approximate surface area is 143 Å². The van der Waals surface area contributed by atoms with Crippen LogP contribution in [0.2, 0.25) is 0 Å². The number of hydrogen-bond donors (Lipinski definition) is 1. The number of nitrogens with one attached hydrogen (secondary N) is 1. The molecule has 0 saturated heterocycles. The number of hydrogen-bond acceptors (Lipinski definition) is 4. The summed E-state index contributed by atoms with van der Waals surface area (Å²) in [5.41, 5.74) is 1.77. The van der Waals surface area contributed by atoms with Crippen LogP contribution in [0.15, 0.2) is 40.8 Å². The second kappa shape index (κ2) is 8.15. The first-order valence-corrected chi connectivity index (χ1v) is 9.84. The number of carbonyl (C=O) groups is 1. The second-order valence-corrected chi connectivity index (χ2v) is 7.96. The van der Waals surface area contributed by atoms with Crippen LogP contribution in [0.4, 0.5) is 0 Å². The van der Waals surface area contributed by atoms with Crippen molar-refractivity contribution in [3.63, 3.8) is 0 Å². The van der Waals surface area contributed by atoms with E-state index >= 15 is 0 Å². The van der Waals surface area contributed by atoms with Crippen LogP contribution in [0.3, 0.4) is 0 Å². The first-order chi connectivity index (χ1) is 11.4. The largest absolute Gasteiger partial charge is 0.455 e. The fourth-order valence-electron chi connectivity index (χ4n) is 2.37. The number of amides is 1. The zero-order valence-electron chi connectivity index (χ0n) is 14.0. The minimum atomic E-state index is -3.36. The van der Waals surface area contributed by atoms with E-state index in [9.17, 15) is 13.2 Å². The van der Waals surface area contributed by atoms with Crippen LogP contribution in [-0.4, -0.2) is 20.9 Å². The average Bonchev–Trinajstić information content (AvgIpc) is 2.94. The van der Waals surface area contributed by atoms with Crippen LogP contribution < -0.4 is 5.32 Å². The van der Waals surface area contributed by atoms with Crippen molar-refractivity contribution in [2.75, 3.05) is 6.54 Å². The van der Waals surface area contributed by atoms with Gasteiger partial charge in [0.05, 0.1) is 5.75 Å². The van der Waals surface area contributed by atoms with Gasteiger partial charge in [-0.25, -0.2) is 8.42 Å². The number of unbranched alkanes of at least 4 members (excludes halogenated alkanes) is 1. The summed E-state index contributed by atoms with van der Waals surface area (Å²) in [6.07, 6.45) is 1.88. The lowest BCUT2D eigenvalue weighted by molar-refractivity contribution is 0.0924. The molecule has 1 aromatic carbocycles. The second-order valence-electron chi connectivity index (χ2n) is 5.90. The number of aryl methyl sites for hydroxylation is 1. The number of sulfone groups is 1. The summed E-state index contributed by atoms with van der Waals surface area (Å²) in [5.74, 6) is -0.155. The molecule has 24 heavy (non-hydrogen) atoms. The van der Waals surface area contributed by atoms with Gasteiger partial charge in [-0.1, -0.05) is 43.2 Å². The maximum Gasteiger partial charge on any atom is 0.286 e. The highest BCUT2D eigenvalue weighted by Crippen LogP contribution is 2.16. The van der Waals surface area contributed by atoms with Crippen LogP contribution in [0, 0.1) is 6.92 Å². The Morgan fingerprint density at radius 1 is 1.17 bits per heavy atom. The molecule has 2 aromatic rings. The summed E-state index contributed by atoms with van der Waals surface area (Å²) < 4.78 is 30.0. The van der Waals surface area contributed by atoms with E-state index in [2.05, 4.69) is 5.32 Å². The molecule has 0 spiro atoms. The smallest absolute Gasteiger partial charge is 0.286 e. The molecule has 0 radical (unpaired) electrons. The van der Waals surface area contributed by atoms with Crippen molar-refractivity contribution >= 4 is 15.7 Å². The van der Waals surface area contributed by atoms with E-state index < -0.39 is 9.84 Å². The summed E-state index contributed by atoms with van der Waals surface area (Å²) >= 11 is 0. The third-order valence-electron chi connectivity index (χ3n) is 3.53. The van der Waals surface area contributed by atoms with E-state index in [1.54, 1.807) is 12.1 Å². The van der Waals surface area contributed by atoms with Crippen LogP contribution in [-0.2, 0) is 21.3 Å². The zero-order chi connectivity index (χ0) is 17.6. The summed E-state index contributed by atoms with van der Waals surface area (Å²) in [4.78, 5) is 11.9. The quantitative estimate of drug-likeness (QED) is 0.742. The molecule has 130 valence electrons. The Kier molecular flexibility index (Phi) is 6.20. The highest BCUT2D eigenvalue weighted by molar-refractivity contribution is 7.89. The van der Waals surface area contributed by atoms with Crippen LogP contribution >= 0.6 is 0 Å². The van der Waals surface area contributed by atoms with E-state index in [1.165, 1.54) is 6.07 Å². The van der Waals surface area contributed by atoms with Gasteiger partial charge < -0.3 is 9.73 Å². The molecule has 1 N–H and O–H groups in total. The molecule has 0 atom stereocenters. The fraction of sp³-hybridized carbons (Fsp3) is 0.389. The van der Waals surface area contributed by atoms with Crippen molar-refractivity contribution < 1.29 is 17.6 Å². The average molecular weight is 349 g/mol. The van der Waals surface area contributed by atoms with Gasteiger partial charge in [0.15, 0.2) is 15.6 Å². The summed E-state index contributed by atoms with van der Waals surface area (Å²) in [7, 11) is -3.36. The molecular weight excluding hydrogens is 326 g/mol. The molecule has 0 saturated carbocycles. The van der Waals surface area contributed by atoms with Gasteiger partial charge in [-0.15, -0.1) is 0 Å². The first kappa shape index (κ1) is 18.3. The Morgan fingerprint density at radius 3 is 2.67 bits per heavy atom. The molecule has 5 nitrogen and oxygen atoms in total. The van der Waals surface area contributed by atoms with Gasteiger partial charge in [0.1, 0.15) is 11.5 Å². The molecule has 0 aliphatic rings.